The number of hydrogen-bond donors (Lipinski definition) is 1. The highest BCUT2D eigenvalue weighted by Gasteiger charge is 2.24. The van der Waals surface area contributed by atoms with Gasteiger partial charge in [-0.3, -0.25) is 0 Å². The van der Waals surface area contributed by atoms with Crippen molar-refractivity contribution in [2.24, 2.45) is 0 Å². The summed E-state index contributed by atoms with van der Waals surface area (Å²) in [6.07, 6.45) is 7.81. The van der Waals surface area contributed by atoms with Gasteiger partial charge < -0.3 is 10.2 Å². The molecule has 0 aromatic carbocycles. The van der Waals surface area contributed by atoms with Crippen LogP contribution >= 0.6 is 23.1 Å². The minimum absolute atomic E-state index is 0.832. The molecular weight excluding hydrogens is 374 g/mol. The van der Waals surface area contributed by atoms with Crippen molar-refractivity contribution in [2.75, 3.05) is 38.8 Å². The Morgan fingerprint density at radius 1 is 1.15 bits per heavy atom. The van der Waals surface area contributed by atoms with Crippen molar-refractivity contribution in [1.29, 1.82) is 0 Å². The molecule has 144 valence electrons. The van der Waals surface area contributed by atoms with Crippen molar-refractivity contribution in [3.63, 3.8) is 0 Å². The van der Waals surface area contributed by atoms with Crippen LogP contribution in [-0.4, -0.2) is 53.3 Å². The number of hydrogen-bond acceptors (Lipinski definition) is 7. The molecule has 0 bridgehead atoms. The van der Waals surface area contributed by atoms with Gasteiger partial charge in [-0.25, -0.2) is 15.0 Å². The summed E-state index contributed by atoms with van der Waals surface area (Å²) >= 11 is 3.36. The highest BCUT2D eigenvalue weighted by atomic mass is 32.2. The van der Waals surface area contributed by atoms with Crippen LogP contribution in [0.15, 0.2) is 5.16 Å². The molecule has 7 heteroatoms. The van der Waals surface area contributed by atoms with Gasteiger partial charge >= 0.3 is 0 Å². The second-order valence-corrected chi connectivity index (χ2v) is 9.14. The molecule has 0 unspecified atom stereocenters. The summed E-state index contributed by atoms with van der Waals surface area (Å²) in [6.45, 7) is 4.08. The number of thioether (sulfide) groups is 1. The number of aromatic nitrogens is 3. The van der Waals surface area contributed by atoms with Crippen LogP contribution in [0.1, 0.15) is 36.6 Å². The monoisotopic (exact) mass is 401 g/mol. The first-order chi connectivity index (χ1) is 13.1. The van der Waals surface area contributed by atoms with Crippen molar-refractivity contribution in [3.8, 4) is 0 Å². The molecule has 0 spiro atoms. The summed E-state index contributed by atoms with van der Waals surface area (Å²) in [7, 11) is 4.18. The first-order valence-corrected chi connectivity index (χ1v) is 11.7. The number of nitrogens with one attached hydrogen (secondary N) is 1. The molecule has 1 N–H and O–H groups in total. The third kappa shape index (κ3) is 3.52. The molecule has 5 nitrogen and oxygen atoms in total. The quantitative estimate of drug-likeness (QED) is 0.468. The molecule has 4 rings (SSSR count). The van der Waals surface area contributed by atoms with E-state index in [1.807, 2.05) is 6.26 Å². The van der Waals surface area contributed by atoms with Gasteiger partial charge in [-0.05, 0) is 57.2 Å². The fourth-order valence-corrected chi connectivity index (χ4v) is 5.37. The summed E-state index contributed by atoms with van der Waals surface area (Å²) in [4.78, 5) is 18.1. The Morgan fingerprint density at radius 3 is 2.70 bits per heavy atom. The molecule has 0 atom stereocenters. The van der Waals surface area contributed by atoms with Crippen molar-refractivity contribution in [1.82, 2.24) is 19.9 Å². The minimum atomic E-state index is 0.832. The predicted octanol–water partition coefficient (Wildman–Crippen LogP) is 4.38. The molecule has 3 aromatic rings. The summed E-state index contributed by atoms with van der Waals surface area (Å²) in [5, 5.41) is 5.66. The predicted molar refractivity (Wildman–Crippen MR) is 118 cm³/mol. The zero-order valence-electron chi connectivity index (χ0n) is 16.6. The van der Waals surface area contributed by atoms with E-state index in [4.69, 9.17) is 15.0 Å². The molecule has 0 aliphatic heterocycles. The maximum Gasteiger partial charge on any atom is 0.189 e. The Morgan fingerprint density at radius 2 is 1.96 bits per heavy atom. The zero-order chi connectivity index (χ0) is 19.0. The van der Waals surface area contributed by atoms with Gasteiger partial charge in [0.15, 0.2) is 5.16 Å². The normalized spacial score (nSPS) is 13.8. The lowest BCUT2D eigenvalue weighted by atomic mass is 10.0. The summed E-state index contributed by atoms with van der Waals surface area (Å²) < 4.78 is 1.15. The van der Waals surface area contributed by atoms with E-state index in [-0.39, 0.29) is 0 Å². The second kappa shape index (κ2) is 7.89. The molecule has 0 radical (unpaired) electrons. The molecule has 0 saturated carbocycles. The molecule has 1 aliphatic carbocycles. The van der Waals surface area contributed by atoms with Crippen LogP contribution in [0.25, 0.3) is 20.4 Å². The second-order valence-electron chi connectivity index (χ2n) is 7.37. The van der Waals surface area contributed by atoms with Gasteiger partial charge in [0.1, 0.15) is 10.6 Å². The number of anilines is 1. The Balaban J connectivity index is 1.90. The minimum Gasteiger partial charge on any atom is -0.367 e. The number of thiophene rings is 1. The molecule has 0 amide bonds. The Bertz CT molecular complexity index is 980. The first-order valence-electron chi connectivity index (χ1n) is 9.69. The number of nitrogens with zero attached hydrogens (tertiary/aromatic N) is 4. The smallest absolute Gasteiger partial charge is 0.189 e. The molecule has 1 aliphatic rings. The van der Waals surface area contributed by atoms with E-state index < -0.39 is 0 Å². The lowest BCUT2D eigenvalue weighted by molar-refractivity contribution is 0.425. The SMILES string of the molecule is CCCc1nc2sc3c(NCCN(C)C)nc(SC)nc3c2c2c1CCC2. The van der Waals surface area contributed by atoms with Gasteiger partial charge in [-0.15, -0.1) is 11.3 Å². The van der Waals surface area contributed by atoms with E-state index in [1.54, 1.807) is 23.1 Å². The van der Waals surface area contributed by atoms with Gasteiger partial charge in [0.2, 0.25) is 0 Å². The van der Waals surface area contributed by atoms with E-state index in [2.05, 4.69) is 31.2 Å². The topological polar surface area (TPSA) is 53.9 Å². The third-order valence-electron chi connectivity index (χ3n) is 5.12. The third-order valence-corrected chi connectivity index (χ3v) is 6.75. The van der Waals surface area contributed by atoms with E-state index in [0.717, 1.165) is 58.4 Å². The van der Waals surface area contributed by atoms with Crippen molar-refractivity contribution in [2.45, 2.75) is 44.2 Å². The molecule has 0 fully saturated rings. The number of likely N-dealkylation sites (N-methyl/N-ethyl adjacent to an activating group) is 1. The number of pyridine rings is 1. The Kier molecular flexibility index (Phi) is 5.53. The molecule has 3 heterocycles. The number of rotatable bonds is 7. The molecule has 27 heavy (non-hydrogen) atoms. The van der Waals surface area contributed by atoms with E-state index in [9.17, 15) is 0 Å². The van der Waals surface area contributed by atoms with Crippen LogP contribution in [0.3, 0.4) is 0 Å². The average molecular weight is 402 g/mol. The maximum atomic E-state index is 5.09. The fraction of sp³-hybridized carbons (Fsp3) is 0.550. The van der Waals surface area contributed by atoms with Crippen molar-refractivity contribution >= 4 is 49.3 Å². The van der Waals surface area contributed by atoms with Crippen LogP contribution in [0, 0.1) is 0 Å². The summed E-state index contributed by atoms with van der Waals surface area (Å²) in [5.41, 5.74) is 5.40. The van der Waals surface area contributed by atoms with Crippen LogP contribution in [0.5, 0.6) is 0 Å². The van der Waals surface area contributed by atoms with Crippen molar-refractivity contribution in [3.05, 3.63) is 16.8 Å². The standard InChI is InChI=1S/C20H27N5S2/c1-5-7-14-12-8-6-9-13(12)15-16-17(27-19(15)22-14)18(21-10-11-25(2)3)24-20(23-16)26-4/h5-11H2,1-4H3,(H,21,23,24). The van der Waals surface area contributed by atoms with Crippen LogP contribution in [0.2, 0.25) is 0 Å². The van der Waals surface area contributed by atoms with E-state index in [1.165, 1.54) is 35.0 Å². The number of aryl methyl sites for hydroxylation is 2. The average Bonchev–Trinajstić information content (AvgIpc) is 3.25. The van der Waals surface area contributed by atoms with Gasteiger partial charge in [0, 0.05) is 24.2 Å². The van der Waals surface area contributed by atoms with Crippen LogP contribution in [-0.2, 0) is 19.3 Å². The highest BCUT2D eigenvalue weighted by molar-refractivity contribution is 7.98. The van der Waals surface area contributed by atoms with Gasteiger partial charge in [0.25, 0.3) is 0 Å². The highest BCUT2D eigenvalue weighted by Crippen LogP contribution is 2.42. The van der Waals surface area contributed by atoms with Crippen LogP contribution in [0.4, 0.5) is 5.82 Å². The number of fused-ring (bicyclic) bond motifs is 5. The van der Waals surface area contributed by atoms with Gasteiger partial charge in [0.05, 0.1) is 10.2 Å². The zero-order valence-corrected chi connectivity index (χ0v) is 18.2. The first kappa shape index (κ1) is 18.9. The summed E-state index contributed by atoms with van der Waals surface area (Å²) in [5.74, 6) is 0.956. The lowest BCUT2D eigenvalue weighted by Gasteiger charge is -2.12. The van der Waals surface area contributed by atoms with E-state index in [0.29, 0.717) is 0 Å². The molecule has 0 saturated heterocycles. The molecule has 3 aromatic heterocycles. The molecular formula is C20H27N5S2. The maximum absolute atomic E-state index is 5.09. The van der Waals surface area contributed by atoms with E-state index >= 15 is 0 Å². The largest absolute Gasteiger partial charge is 0.367 e. The Hall–Kier alpha value is -1.44. The fourth-order valence-electron chi connectivity index (χ4n) is 3.88. The Labute approximate surface area is 169 Å². The lowest BCUT2D eigenvalue weighted by Crippen LogP contribution is -2.21. The van der Waals surface area contributed by atoms with Gasteiger partial charge in [-0.1, -0.05) is 25.1 Å². The summed E-state index contributed by atoms with van der Waals surface area (Å²) in [6, 6.07) is 0. The van der Waals surface area contributed by atoms with Crippen molar-refractivity contribution < 1.29 is 0 Å². The van der Waals surface area contributed by atoms with Gasteiger partial charge in [-0.2, -0.15) is 0 Å². The van der Waals surface area contributed by atoms with Crippen LogP contribution < -0.4 is 5.32 Å².